The van der Waals surface area contributed by atoms with Crippen molar-refractivity contribution in [2.75, 3.05) is 0 Å². The van der Waals surface area contributed by atoms with Crippen molar-refractivity contribution in [1.29, 1.82) is 0 Å². The van der Waals surface area contributed by atoms with Gasteiger partial charge < -0.3 is 15.2 Å². The van der Waals surface area contributed by atoms with Gasteiger partial charge in [-0.05, 0) is 26.7 Å². The monoisotopic (exact) mass is 249 g/mol. The number of ether oxygens (including phenoxy) is 1. The van der Waals surface area contributed by atoms with Gasteiger partial charge >= 0.3 is 12.1 Å². The first-order chi connectivity index (χ1) is 7.54. The van der Waals surface area contributed by atoms with Crippen LogP contribution in [0.15, 0.2) is 0 Å². The maximum Gasteiger partial charge on any atom is 0.407 e. The quantitative estimate of drug-likeness (QED) is 0.798. The van der Waals surface area contributed by atoms with Crippen LogP contribution >= 0.6 is 0 Å². The lowest BCUT2D eigenvalue weighted by Gasteiger charge is -2.26. The van der Waals surface area contributed by atoms with Gasteiger partial charge in [-0.3, -0.25) is 0 Å². The fourth-order valence-corrected chi connectivity index (χ4v) is 1.18. The molecular weight excluding hydrogens is 229 g/mol. The first-order valence-corrected chi connectivity index (χ1v) is 5.41. The molecule has 0 aromatic rings. The molecule has 0 aromatic heterocycles. The number of aliphatic carboxylic acids is 1. The summed E-state index contributed by atoms with van der Waals surface area (Å²) in [5, 5.41) is 10.8. The summed E-state index contributed by atoms with van der Waals surface area (Å²) in [5.41, 5.74) is -0.708. The van der Waals surface area contributed by atoms with Gasteiger partial charge in [0.2, 0.25) is 6.17 Å². The van der Waals surface area contributed by atoms with Crippen LogP contribution < -0.4 is 5.32 Å². The van der Waals surface area contributed by atoms with E-state index in [4.69, 9.17) is 9.84 Å². The Hall–Kier alpha value is -1.33. The topological polar surface area (TPSA) is 75.6 Å². The maximum atomic E-state index is 13.4. The van der Waals surface area contributed by atoms with E-state index in [1.807, 2.05) is 0 Å². The summed E-state index contributed by atoms with van der Waals surface area (Å²) >= 11 is 0. The SMILES string of the molecule is CC(C)[C@H](NC(=O)OC(C)(C)C)[C@H](F)C(=O)O. The average molecular weight is 249 g/mol. The number of halogens is 1. The van der Waals surface area contributed by atoms with Gasteiger partial charge in [0.1, 0.15) is 5.60 Å². The molecule has 0 rings (SSSR count). The van der Waals surface area contributed by atoms with Crippen molar-refractivity contribution in [3.05, 3.63) is 0 Å². The number of nitrogens with one attached hydrogen (secondary N) is 1. The first-order valence-electron chi connectivity index (χ1n) is 5.41. The van der Waals surface area contributed by atoms with E-state index in [1.54, 1.807) is 34.6 Å². The van der Waals surface area contributed by atoms with E-state index in [0.29, 0.717) is 0 Å². The van der Waals surface area contributed by atoms with Crippen molar-refractivity contribution >= 4 is 12.1 Å². The van der Waals surface area contributed by atoms with E-state index in [2.05, 4.69) is 5.32 Å². The summed E-state index contributed by atoms with van der Waals surface area (Å²) < 4.78 is 18.3. The Morgan fingerprint density at radius 3 is 2.06 bits per heavy atom. The number of hydrogen-bond acceptors (Lipinski definition) is 3. The molecule has 0 fully saturated rings. The number of alkyl halides is 1. The zero-order valence-electron chi connectivity index (χ0n) is 10.8. The molecule has 0 aliphatic rings. The molecule has 0 unspecified atom stereocenters. The third kappa shape index (κ3) is 6.09. The maximum absolute atomic E-state index is 13.4. The fraction of sp³-hybridized carbons (Fsp3) is 0.818. The summed E-state index contributed by atoms with van der Waals surface area (Å²) in [6.07, 6.45) is -2.97. The van der Waals surface area contributed by atoms with Crippen LogP contribution in [-0.2, 0) is 9.53 Å². The van der Waals surface area contributed by atoms with Crippen LogP contribution in [0.5, 0.6) is 0 Å². The molecule has 2 atom stereocenters. The van der Waals surface area contributed by atoms with Crippen LogP contribution in [0.2, 0.25) is 0 Å². The summed E-state index contributed by atoms with van der Waals surface area (Å²) in [6.45, 7) is 8.25. The van der Waals surface area contributed by atoms with Crippen LogP contribution in [0.25, 0.3) is 0 Å². The number of carbonyl (C=O) groups excluding carboxylic acids is 1. The average Bonchev–Trinajstić information content (AvgIpc) is 2.09. The van der Waals surface area contributed by atoms with Crippen molar-refractivity contribution < 1.29 is 23.8 Å². The van der Waals surface area contributed by atoms with Crippen LogP contribution in [0.4, 0.5) is 9.18 Å². The molecule has 0 aliphatic heterocycles. The number of carboxylic acid groups (broad SMARTS) is 1. The molecule has 0 heterocycles. The van der Waals surface area contributed by atoms with Gasteiger partial charge in [0, 0.05) is 0 Å². The molecule has 5 nitrogen and oxygen atoms in total. The lowest BCUT2D eigenvalue weighted by Crippen LogP contribution is -2.49. The number of hydrogen-bond donors (Lipinski definition) is 2. The Bertz CT molecular complexity index is 286. The van der Waals surface area contributed by atoms with Gasteiger partial charge in [-0.25, -0.2) is 14.0 Å². The highest BCUT2D eigenvalue weighted by Gasteiger charge is 2.32. The molecule has 100 valence electrons. The van der Waals surface area contributed by atoms with Crippen LogP contribution in [-0.4, -0.2) is 35.0 Å². The normalized spacial score (nSPS) is 15.2. The summed E-state index contributed by atoms with van der Waals surface area (Å²) in [7, 11) is 0. The second kappa shape index (κ2) is 5.84. The van der Waals surface area contributed by atoms with E-state index in [0.717, 1.165) is 0 Å². The van der Waals surface area contributed by atoms with Gasteiger partial charge in [-0.1, -0.05) is 13.8 Å². The molecule has 17 heavy (non-hydrogen) atoms. The van der Waals surface area contributed by atoms with Crippen LogP contribution in [0.3, 0.4) is 0 Å². The summed E-state index contributed by atoms with van der Waals surface area (Å²) in [4.78, 5) is 22.0. The molecule has 0 spiro atoms. The van der Waals surface area contributed by atoms with Gasteiger partial charge in [0.15, 0.2) is 0 Å². The molecule has 2 N–H and O–H groups in total. The Labute approximate surface area is 100 Å². The van der Waals surface area contributed by atoms with E-state index < -0.39 is 29.9 Å². The highest BCUT2D eigenvalue weighted by atomic mass is 19.1. The van der Waals surface area contributed by atoms with Crippen molar-refractivity contribution in [2.45, 2.75) is 52.4 Å². The Morgan fingerprint density at radius 1 is 1.29 bits per heavy atom. The second-order valence-corrected chi connectivity index (χ2v) is 5.16. The molecule has 1 amide bonds. The van der Waals surface area contributed by atoms with Gasteiger partial charge in [0.25, 0.3) is 0 Å². The second-order valence-electron chi connectivity index (χ2n) is 5.16. The minimum Gasteiger partial charge on any atom is -0.479 e. The van der Waals surface area contributed by atoms with E-state index in [-0.39, 0.29) is 5.92 Å². The lowest BCUT2D eigenvalue weighted by molar-refractivity contribution is -0.144. The van der Waals surface area contributed by atoms with Gasteiger partial charge in [-0.15, -0.1) is 0 Å². The number of alkyl carbamates (subject to hydrolysis) is 1. The summed E-state index contributed by atoms with van der Waals surface area (Å²) in [6, 6.07) is -1.11. The molecule has 0 radical (unpaired) electrons. The third-order valence-electron chi connectivity index (χ3n) is 1.95. The smallest absolute Gasteiger partial charge is 0.407 e. The van der Waals surface area contributed by atoms with E-state index >= 15 is 0 Å². The number of amides is 1. The molecule has 0 bridgehead atoms. The first kappa shape index (κ1) is 15.7. The Morgan fingerprint density at radius 2 is 1.76 bits per heavy atom. The van der Waals surface area contributed by atoms with E-state index in [9.17, 15) is 14.0 Å². The number of carboxylic acids is 1. The zero-order valence-corrected chi connectivity index (χ0v) is 10.8. The van der Waals surface area contributed by atoms with Crippen LogP contribution in [0.1, 0.15) is 34.6 Å². The predicted octanol–water partition coefficient (Wildman–Crippen LogP) is 1.96. The highest BCUT2D eigenvalue weighted by Crippen LogP contribution is 2.12. The largest absolute Gasteiger partial charge is 0.479 e. The molecule has 0 aromatic carbocycles. The lowest BCUT2D eigenvalue weighted by atomic mass is 10.00. The van der Waals surface area contributed by atoms with Crippen molar-refractivity contribution in [1.82, 2.24) is 5.32 Å². The number of rotatable bonds is 4. The molecule has 6 heteroatoms. The highest BCUT2D eigenvalue weighted by molar-refractivity contribution is 5.75. The van der Waals surface area contributed by atoms with Crippen molar-refractivity contribution in [2.24, 2.45) is 5.92 Å². The Balaban J connectivity index is 4.57. The van der Waals surface area contributed by atoms with Crippen LogP contribution in [0, 0.1) is 5.92 Å². The predicted molar refractivity (Wildman–Crippen MR) is 60.5 cm³/mol. The molecular formula is C11H20FNO4. The fourth-order valence-electron chi connectivity index (χ4n) is 1.18. The summed E-state index contributed by atoms with van der Waals surface area (Å²) in [5.74, 6) is -1.95. The molecule has 0 saturated carbocycles. The zero-order chi connectivity index (χ0) is 13.8. The standard InChI is InChI=1S/C11H20FNO4/c1-6(2)8(7(12)9(14)15)13-10(16)17-11(3,4)5/h6-8H,1-5H3,(H,13,16)(H,14,15)/t7-,8-/m0/s1. The Kier molecular flexibility index (Phi) is 5.38. The van der Waals surface area contributed by atoms with E-state index in [1.165, 1.54) is 0 Å². The molecule has 0 saturated heterocycles. The minimum absolute atomic E-state index is 0.353. The van der Waals surface area contributed by atoms with Gasteiger partial charge in [0.05, 0.1) is 6.04 Å². The van der Waals surface area contributed by atoms with Crippen molar-refractivity contribution in [3.63, 3.8) is 0 Å². The third-order valence-corrected chi connectivity index (χ3v) is 1.95. The number of carbonyl (C=O) groups is 2. The van der Waals surface area contributed by atoms with Gasteiger partial charge in [-0.2, -0.15) is 0 Å². The van der Waals surface area contributed by atoms with Crippen molar-refractivity contribution in [3.8, 4) is 0 Å². The minimum atomic E-state index is -2.15. The molecule has 0 aliphatic carbocycles.